The van der Waals surface area contributed by atoms with Crippen molar-refractivity contribution in [2.24, 2.45) is 0 Å². The van der Waals surface area contributed by atoms with Crippen LogP contribution in [-0.2, 0) is 17.8 Å². The molecule has 0 saturated carbocycles. The number of aromatic nitrogens is 3. The van der Waals surface area contributed by atoms with Crippen molar-refractivity contribution in [3.05, 3.63) is 94.5 Å². The van der Waals surface area contributed by atoms with Crippen LogP contribution in [0, 0.1) is 12.7 Å². The first kappa shape index (κ1) is 20.0. The van der Waals surface area contributed by atoms with E-state index < -0.39 is 0 Å². The number of para-hydroxylation sites is 1. The van der Waals surface area contributed by atoms with Gasteiger partial charge in [0.15, 0.2) is 0 Å². The highest BCUT2D eigenvalue weighted by Crippen LogP contribution is 2.21. The minimum atomic E-state index is -0.330. The van der Waals surface area contributed by atoms with Gasteiger partial charge >= 0.3 is 0 Å². The van der Waals surface area contributed by atoms with Gasteiger partial charge in [-0.1, -0.05) is 18.2 Å². The molecule has 4 aromatic rings. The molecule has 0 bridgehead atoms. The number of halogens is 1. The Morgan fingerprint density at radius 2 is 1.90 bits per heavy atom. The summed E-state index contributed by atoms with van der Waals surface area (Å²) in [7, 11) is 0. The Balaban J connectivity index is 1.47. The SMILES string of the molecule is Cc1nc(CN(C(=O)CCc2cnn(-c3ccccc3)c2)c2ccc(F)cc2)cs1. The lowest BCUT2D eigenvalue weighted by Crippen LogP contribution is -2.30. The van der Waals surface area contributed by atoms with Crippen LogP contribution < -0.4 is 4.90 Å². The molecule has 7 heteroatoms. The van der Waals surface area contributed by atoms with E-state index in [0.29, 0.717) is 25.1 Å². The van der Waals surface area contributed by atoms with E-state index in [1.807, 2.05) is 48.8 Å². The molecule has 1 amide bonds. The van der Waals surface area contributed by atoms with E-state index in [4.69, 9.17) is 0 Å². The van der Waals surface area contributed by atoms with Crippen molar-refractivity contribution < 1.29 is 9.18 Å². The molecule has 30 heavy (non-hydrogen) atoms. The molecule has 0 aliphatic carbocycles. The van der Waals surface area contributed by atoms with Crippen LogP contribution in [0.15, 0.2) is 72.4 Å². The van der Waals surface area contributed by atoms with Crippen molar-refractivity contribution in [2.45, 2.75) is 26.3 Å². The Hall–Kier alpha value is -3.32. The molecule has 0 atom stereocenters. The molecule has 2 aromatic carbocycles. The molecule has 0 unspecified atom stereocenters. The number of benzene rings is 2. The van der Waals surface area contributed by atoms with Gasteiger partial charge in [-0.25, -0.2) is 14.1 Å². The summed E-state index contributed by atoms with van der Waals surface area (Å²) < 4.78 is 15.2. The van der Waals surface area contributed by atoms with Crippen molar-refractivity contribution in [1.29, 1.82) is 0 Å². The Bertz CT molecular complexity index is 1120. The highest BCUT2D eigenvalue weighted by molar-refractivity contribution is 7.09. The van der Waals surface area contributed by atoms with Gasteiger partial charge in [-0.3, -0.25) is 4.79 Å². The predicted octanol–water partition coefficient (Wildman–Crippen LogP) is 4.94. The maximum Gasteiger partial charge on any atom is 0.227 e. The third-order valence-electron chi connectivity index (χ3n) is 4.71. The zero-order valence-corrected chi connectivity index (χ0v) is 17.3. The standard InChI is InChI=1S/C23H21FN4OS/c1-17-26-20(16-30-17)15-27(21-10-8-19(24)9-11-21)23(29)12-7-18-13-25-28(14-18)22-5-3-2-4-6-22/h2-6,8-11,13-14,16H,7,12,15H2,1H3. The second kappa shape index (κ2) is 9.00. The van der Waals surface area contributed by atoms with E-state index in [1.54, 1.807) is 39.2 Å². The average Bonchev–Trinajstić information content (AvgIpc) is 3.41. The van der Waals surface area contributed by atoms with Crippen molar-refractivity contribution in [3.63, 3.8) is 0 Å². The monoisotopic (exact) mass is 420 g/mol. The third kappa shape index (κ3) is 4.80. The Labute approximate surface area is 178 Å². The molecule has 0 spiro atoms. The molecule has 0 fully saturated rings. The van der Waals surface area contributed by atoms with Crippen LogP contribution >= 0.6 is 11.3 Å². The summed E-state index contributed by atoms with van der Waals surface area (Å²) in [5.41, 5.74) is 3.44. The highest BCUT2D eigenvalue weighted by Gasteiger charge is 2.18. The number of carbonyl (C=O) groups is 1. The highest BCUT2D eigenvalue weighted by atomic mass is 32.1. The van der Waals surface area contributed by atoms with Crippen LogP contribution in [0.4, 0.5) is 10.1 Å². The first-order chi connectivity index (χ1) is 14.6. The molecular formula is C23H21FN4OS. The van der Waals surface area contributed by atoms with E-state index in [9.17, 15) is 9.18 Å². The molecule has 0 saturated heterocycles. The van der Waals surface area contributed by atoms with Gasteiger partial charge in [-0.15, -0.1) is 11.3 Å². The van der Waals surface area contributed by atoms with Gasteiger partial charge < -0.3 is 4.90 Å². The summed E-state index contributed by atoms with van der Waals surface area (Å²) in [5.74, 6) is -0.372. The number of thiazole rings is 1. The zero-order valence-electron chi connectivity index (χ0n) is 16.5. The maximum absolute atomic E-state index is 13.4. The molecule has 0 N–H and O–H groups in total. The summed E-state index contributed by atoms with van der Waals surface area (Å²) in [6.07, 6.45) is 4.61. The van der Waals surface area contributed by atoms with Crippen molar-refractivity contribution in [1.82, 2.24) is 14.8 Å². The number of amides is 1. The maximum atomic E-state index is 13.4. The minimum absolute atomic E-state index is 0.0419. The Morgan fingerprint density at radius 1 is 1.13 bits per heavy atom. The zero-order chi connectivity index (χ0) is 20.9. The third-order valence-corrected chi connectivity index (χ3v) is 5.53. The van der Waals surface area contributed by atoms with Crippen LogP contribution in [0.1, 0.15) is 22.7 Å². The van der Waals surface area contributed by atoms with Crippen molar-refractivity contribution >= 4 is 22.9 Å². The topological polar surface area (TPSA) is 51.0 Å². The Morgan fingerprint density at radius 3 is 2.60 bits per heavy atom. The lowest BCUT2D eigenvalue weighted by Gasteiger charge is -2.22. The summed E-state index contributed by atoms with van der Waals surface area (Å²) >= 11 is 1.55. The molecule has 0 radical (unpaired) electrons. The smallest absolute Gasteiger partial charge is 0.227 e. The fourth-order valence-corrected chi connectivity index (χ4v) is 3.79. The molecule has 2 heterocycles. The molecular weight excluding hydrogens is 399 g/mol. The second-order valence-corrected chi connectivity index (χ2v) is 8.01. The number of aryl methyl sites for hydroxylation is 2. The average molecular weight is 421 g/mol. The fourth-order valence-electron chi connectivity index (χ4n) is 3.18. The number of anilines is 1. The van der Waals surface area contributed by atoms with Gasteiger partial charge in [0.1, 0.15) is 5.82 Å². The number of rotatable bonds is 7. The van der Waals surface area contributed by atoms with Crippen LogP contribution in [0.2, 0.25) is 0 Å². The van der Waals surface area contributed by atoms with Crippen molar-refractivity contribution in [2.75, 3.05) is 4.90 Å². The summed E-state index contributed by atoms with van der Waals surface area (Å²) in [6.45, 7) is 2.29. The van der Waals surface area contributed by atoms with Crippen LogP contribution in [0.5, 0.6) is 0 Å². The van der Waals surface area contributed by atoms with Crippen molar-refractivity contribution in [3.8, 4) is 5.69 Å². The largest absolute Gasteiger partial charge is 0.306 e. The molecule has 5 nitrogen and oxygen atoms in total. The lowest BCUT2D eigenvalue weighted by molar-refractivity contribution is -0.118. The van der Waals surface area contributed by atoms with E-state index >= 15 is 0 Å². The van der Waals surface area contributed by atoms with Gasteiger partial charge in [0, 0.05) is 23.7 Å². The number of nitrogens with zero attached hydrogens (tertiary/aromatic N) is 4. The molecule has 4 rings (SSSR count). The second-order valence-electron chi connectivity index (χ2n) is 6.94. The van der Waals surface area contributed by atoms with Gasteiger partial charge in [0.05, 0.1) is 29.1 Å². The quantitative estimate of drug-likeness (QED) is 0.425. The van der Waals surface area contributed by atoms with Crippen LogP contribution in [-0.4, -0.2) is 20.7 Å². The molecule has 2 aromatic heterocycles. The van der Waals surface area contributed by atoms with Gasteiger partial charge in [-0.2, -0.15) is 5.10 Å². The summed E-state index contributed by atoms with van der Waals surface area (Å²) in [5, 5.41) is 7.29. The van der Waals surface area contributed by atoms with E-state index in [0.717, 1.165) is 22.0 Å². The first-order valence-electron chi connectivity index (χ1n) is 9.64. The Kier molecular flexibility index (Phi) is 5.99. The summed E-state index contributed by atoms with van der Waals surface area (Å²) in [6, 6.07) is 15.8. The number of hydrogen-bond donors (Lipinski definition) is 0. The first-order valence-corrected chi connectivity index (χ1v) is 10.5. The van der Waals surface area contributed by atoms with E-state index in [2.05, 4.69) is 10.1 Å². The molecule has 0 aliphatic heterocycles. The predicted molar refractivity (Wildman–Crippen MR) is 116 cm³/mol. The lowest BCUT2D eigenvalue weighted by atomic mass is 10.1. The molecule has 152 valence electrons. The number of carbonyl (C=O) groups excluding carboxylic acids is 1. The van der Waals surface area contributed by atoms with Gasteiger partial charge in [0.2, 0.25) is 5.91 Å². The van der Waals surface area contributed by atoms with E-state index in [1.165, 1.54) is 12.1 Å². The fraction of sp³-hybridized carbons (Fsp3) is 0.174. The van der Waals surface area contributed by atoms with Gasteiger partial charge in [0.25, 0.3) is 0 Å². The normalized spacial score (nSPS) is 10.9. The van der Waals surface area contributed by atoms with E-state index in [-0.39, 0.29) is 11.7 Å². The minimum Gasteiger partial charge on any atom is -0.306 e. The number of hydrogen-bond acceptors (Lipinski definition) is 4. The summed E-state index contributed by atoms with van der Waals surface area (Å²) in [4.78, 5) is 19.2. The molecule has 0 aliphatic rings. The van der Waals surface area contributed by atoms with Gasteiger partial charge in [-0.05, 0) is 55.3 Å². The van der Waals surface area contributed by atoms with Crippen LogP contribution in [0.25, 0.3) is 5.69 Å². The van der Waals surface area contributed by atoms with Crippen LogP contribution in [0.3, 0.4) is 0 Å².